The fraction of sp³-hybridized carbons (Fsp3) is 0.538. The van der Waals surface area contributed by atoms with E-state index < -0.39 is 10.0 Å². The van der Waals surface area contributed by atoms with E-state index in [2.05, 4.69) is 0 Å². The van der Waals surface area contributed by atoms with Gasteiger partial charge in [-0.15, -0.1) is 0 Å². The van der Waals surface area contributed by atoms with Gasteiger partial charge in [0.25, 0.3) is 0 Å². The summed E-state index contributed by atoms with van der Waals surface area (Å²) < 4.78 is 36.8. The molecule has 0 aromatic heterocycles. The summed E-state index contributed by atoms with van der Waals surface area (Å²) in [4.78, 5) is 0.111. The van der Waals surface area contributed by atoms with Crippen LogP contribution in [0, 0.1) is 6.92 Å². The highest BCUT2D eigenvalue weighted by atomic mass is 35.5. The zero-order chi connectivity index (χ0) is 16.0. The zero-order valence-corrected chi connectivity index (χ0v) is 14.0. The molecule has 0 saturated heterocycles. The minimum Gasteiger partial charge on any atom is -0.398 e. The van der Waals surface area contributed by atoms with Gasteiger partial charge in [-0.3, -0.25) is 0 Å². The number of ether oxygens (including phenoxy) is 2. The predicted octanol–water partition coefficient (Wildman–Crippen LogP) is 1.51. The van der Waals surface area contributed by atoms with Gasteiger partial charge >= 0.3 is 0 Å². The molecule has 0 amide bonds. The summed E-state index contributed by atoms with van der Waals surface area (Å²) in [6, 6.07) is 2.94. The summed E-state index contributed by atoms with van der Waals surface area (Å²) in [5.74, 6) is 0. The van der Waals surface area contributed by atoms with Gasteiger partial charge in [0.1, 0.15) is 0 Å². The normalized spacial score (nSPS) is 12.0. The zero-order valence-electron chi connectivity index (χ0n) is 12.4. The largest absolute Gasteiger partial charge is 0.398 e. The van der Waals surface area contributed by atoms with Gasteiger partial charge in [0.05, 0.1) is 18.1 Å². The number of benzene rings is 1. The summed E-state index contributed by atoms with van der Waals surface area (Å²) in [6.07, 6.45) is 0. The first-order valence-corrected chi connectivity index (χ1v) is 8.20. The SMILES string of the molecule is COCCN(CCOC)S(=O)(=O)c1cc(Cl)cc(N)c1C. The first kappa shape index (κ1) is 18.2. The van der Waals surface area contributed by atoms with Crippen molar-refractivity contribution in [3.8, 4) is 0 Å². The smallest absolute Gasteiger partial charge is 0.243 e. The fourth-order valence-electron chi connectivity index (χ4n) is 1.82. The van der Waals surface area contributed by atoms with Crippen molar-refractivity contribution in [2.45, 2.75) is 11.8 Å². The van der Waals surface area contributed by atoms with E-state index >= 15 is 0 Å². The lowest BCUT2D eigenvalue weighted by molar-refractivity contribution is 0.150. The third kappa shape index (κ3) is 4.55. The summed E-state index contributed by atoms with van der Waals surface area (Å²) in [5, 5.41) is 0.287. The van der Waals surface area contributed by atoms with Gasteiger partial charge in [-0.2, -0.15) is 4.31 Å². The number of nitrogen functional groups attached to an aromatic ring is 1. The second-order valence-electron chi connectivity index (χ2n) is 4.51. The van der Waals surface area contributed by atoms with E-state index in [1.807, 2.05) is 0 Å². The monoisotopic (exact) mass is 336 g/mol. The van der Waals surface area contributed by atoms with Gasteiger partial charge in [-0.05, 0) is 24.6 Å². The van der Waals surface area contributed by atoms with Gasteiger partial charge < -0.3 is 15.2 Å². The average Bonchev–Trinajstić information content (AvgIpc) is 2.42. The molecule has 8 heteroatoms. The number of rotatable bonds is 8. The third-order valence-electron chi connectivity index (χ3n) is 3.07. The number of hydrogen-bond acceptors (Lipinski definition) is 5. The molecular formula is C13H21ClN2O4S. The Morgan fingerprint density at radius 1 is 1.19 bits per heavy atom. The molecule has 0 saturated carbocycles. The van der Waals surface area contributed by atoms with E-state index in [9.17, 15) is 8.42 Å². The minimum atomic E-state index is -3.71. The molecule has 120 valence electrons. The highest BCUT2D eigenvalue weighted by Crippen LogP contribution is 2.28. The summed E-state index contributed by atoms with van der Waals surface area (Å²) in [5.41, 5.74) is 6.63. The van der Waals surface area contributed by atoms with Crippen LogP contribution in [0.25, 0.3) is 0 Å². The average molecular weight is 337 g/mol. The van der Waals surface area contributed by atoms with E-state index in [1.54, 1.807) is 6.92 Å². The van der Waals surface area contributed by atoms with Crippen LogP contribution in [-0.4, -0.2) is 53.2 Å². The molecule has 6 nitrogen and oxygen atoms in total. The van der Waals surface area contributed by atoms with Crippen molar-refractivity contribution in [1.82, 2.24) is 4.31 Å². The van der Waals surface area contributed by atoms with Crippen LogP contribution >= 0.6 is 11.6 Å². The second-order valence-corrected chi connectivity index (χ2v) is 6.85. The Morgan fingerprint density at radius 3 is 2.19 bits per heavy atom. The maximum absolute atomic E-state index is 12.8. The van der Waals surface area contributed by atoms with Crippen LogP contribution in [0.15, 0.2) is 17.0 Å². The lowest BCUT2D eigenvalue weighted by atomic mass is 10.2. The molecule has 0 heterocycles. The Bertz CT molecular complexity index is 570. The van der Waals surface area contributed by atoms with E-state index in [1.165, 1.54) is 30.7 Å². The summed E-state index contributed by atoms with van der Waals surface area (Å²) >= 11 is 5.93. The number of nitrogens with zero attached hydrogens (tertiary/aromatic N) is 1. The van der Waals surface area contributed by atoms with Crippen molar-refractivity contribution >= 4 is 27.3 Å². The highest BCUT2D eigenvalue weighted by Gasteiger charge is 2.26. The molecule has 0 spiro atoms. The van der Waals surface area contributed by atoms with Crippen molar-refractivity contribution in [1.29, 1.82) is 0 Å². The van der Waals surface area contributed by atoms with Crippen LogP contribution < -0.4 is 5.73 Å². The quantitative estimate of drug-likeness (QED) is 0.728. The number of sulfonamides is 1. The Hall–Kier alpha value is -0.860. The van der Waals surface area contributed by atoms with Crippen molar-refractivity contribution in [3.05, 3.63) is 22.7 Å². The molecular weight excluding hydrogens is 316 g/mol. The van der Waals surface area contributed by atoms with Gasteiger partial charge in [0.2, 0.25) is 10.0 Å². The van der Waals surface area contributed by atoms with Crippen LogP contribution in [0.5, 0.6) is 0 Å². The standard InChI is InChI=1S/C13H21ClN2O4S/c1-10-12(15)8-11(14)9-13(10)21(17,18)16(4-6-19-2)5-7-20-3/h8-9H,4-7,15H2,1-3H3. The minimum absolute atomic E-state index is 0.111. The number of methoxy groups -OCH3 is 2. The highest BCUT2D eigenvalue weighted by molar-refractivity contribution is 7.89. The van der Waals surface area contributed by atoms with Crippen molar-refractivity contribution in [3.63, 3.8) is 0 Å². The van der Waals surface area contributed by atoms with Gasteiger partial charge in [-0.25, -0.2) is 8.42 Å². The summed E-state index contributed by atoms with van der Waals surface area (Å²) in [6.45, 7) is 2.70. The molecule has 21 heavy (non-hydrogen) atoms. The first-order chi connectivity index (χ1) is 9.84. The molecule has 0 fully saturated rings. The van der Waals surface area contributed by atoms with Crippen LogP contribution in [0.4, 0.5) is 5.69 Å². The Kier molecular flexibility index (Phi) is 6.89. The predicted molar refractivity (Wildman–Crippen MR) is 83.1 cm³/mol. The lowest BCUT2D eigenvalue weighted by Gasteiger charge is -2.23. The molecule has 1 aromatic carbocycles. The summed E-state index contributed by atoms with van der Waals surface area (Å²) in [7, 11) is -0.677. The van der Waals surface area contributed by atoms with Crippen LogP contribution in [0.2, 0.25) is 5.02 Å². The van der Waals surface area contributed by atoms with E-state index in [0.29, 0.717) is 11.3 Å². The van der Waals surface area contributed by atoms with E-state index in [4.69, 9.17) is 26.8 Å². The Balaban J connectivity index is 3.21. The molecule has 0 aliphatic carbocycles. The van der Waals surface area contributed by atoms with Crippen molar-refractivity contribution < 1.29 is 17.9 Å². The van der Waals surface area contributed by atoms with Crippen LogP contribution in [0.1, 0.15) is 5.56 Å². The number of halogens is 1. The Morgan fingerprint density at radius 2 is 1.71 bits per heavy atom. The molecule has 2 N–H and O–H groups in total. The Labute approximate surface area is 130 Å². The van der Waals surface area contributed by atoms with Crippen LogP contribution in [0.3, 0.4) is 0 Å². The molecule has 0 unspecified atom stereocenters. The van der Waals surface area contributed by atoms with Gasteiger partial charge in [-0.1, -0.05) is 11.6 Å². The van der Waals surface area contributed by atoms with Crippen molar-refractivity contribution in [2.75, 3.05) is 46.3 Å². The van der Waals surface area contributed by atoms with Crippen molar-refractivity contribution in [2.24, 2.45) is 0 Å². The molecule has 1 aromatic rings. The van der Waals surface area contributed by atoms with E-state index in [0.717, 1.165) is 0 Å². The van der Waals surface area contributed by atoms with E-state index in [-0.39, 0.29) is 36.2 Å². The molecule has 0 radical (unpaired) electrons. The first-order valence-electron chi connectivity index (χ1n) is 6.38. The van der Waals surface area contributed by atoms with Gasteiger partial charge in [0, 0.05) is 38.0 Å². The molecule has 0 aliphatic rings. The maximum Gasteiger partial charge on any atom is 0.243 e. The number of nitrogens with two attached hydrogens (primary N) is 1. The number of hydrogen-bond donors (Lipinski definition) is 1. The molecule has 1 rings (SSSR count). The lowest BCUT2D eigenvalue weighted by Crippen LogP contribution is -2.36. The number of anilines is 1. The van der Waals surface area contributed by atoms with Crippen LogP contribution in [-0.2, 0) is 19.5 Å². The molecule has 0 atom stereocenters. The molecule has 0 aliphatic heterocycles. The topological polar surface area (TPSA) is 81.9 Å². The third-order valence-corrected chi connectivity index (χ3v) is 5.32. The fourth-order valence-corrected chi connectivity index (χ4v) is 3.80. The molecule has 0 bridgehead atoms. The van der Waals surface area contributed by atoms with Gasteiger partial charge in [0.15, 0.2) is 0 Å². The second kappa shape index (κ2) is 7.95. The maximum atomic E-state index is 12.8.